The predicted molar refractivity (Wildman–Crippen MR) is 53.6 cm³/mol. The molecule has 4 rings (SSSR count). The molecule has 3 saturated carbocycles. The summed E-state index contributed by atoms with van der Waals surface area (Å²) in [6, 6.07) is 0. The van der Waals surface area contributed by atoms with E-state index in [-0.39, 0.29) is 0 Å². The summed E-state index contributed by atoms with van der Waals surface area (Å²) in [5, 5.41) is 7.22. The second-order valence-corrected chi connectivity index (χ2v) is 5.17. The first-order valence-electron chi connectivity index (χ1n) is 5.75. The summed E-state index contributed by atoms with van der Waals surface area (Å²) >= 11 is 0. The number of fused-ring (bicyclic) bond motifs is 2. The van der Waals surface area contributed by atoms with Crippen LogP contribution < -0.4 is 10.6 Å². The molecule has 13 heavy (non-hydrogen) atoms. The summed E-state index contributed by atoms with van der Waals surface area (Å²) in [6.45, 7) is 2.56. The van der Waals surface area contributed by atoms with Crippen LogP contribution in [-0.4, -0.2) is 25.7 Å². The van der Waals surface area contributed by atoms with Crippen molar-refractivity contribution < 1.29 is 0 Å². The lowest BCUT2D eigenvalue weighted by molar-refractivity contribution is 0.0107. The van der Waals surface area contributed by atoms with Gasteiger partial charge in [0.15, 0.2) is 0 Å². The number of hydrogen-bond acceptors (Lipinski definition) is 2. The monoisotopic (exact) mass is 180 g/mol. The van der Waals surface area contributed by atoms with Gasteiger partial charge in [-0.05, 0) is 57.0 Å². The summed E-state index contributed by atoms with van der Waals surface area (Å²) in [5.74, 6) is 2.98. The van der Waals surface area contributed by atoms with Gasteiger partial charge in [0.2, 0.25) is 0 Å². The average Bonchev–Trinajstić information content (AvgIpc) is 2.70. The summed E-state index contributed by atoms with van der Waals surface area (Å²) in [7, 11) is 2.17. The fraction of sp³-hybridized carbons (Fsp3) is 1.00. The molecule has 0 aromatic carbocycles. The van der Waals surface area contributed by atoms with Gasteiger partial charge in [-0.1, -0.05) is 0 Å². The van der Waals surface area contributed by atoms with Gasteiger partial charge in [0.1, 0.15) is 0 Å². The zero-order chi connectivity index (χ0) is 8.89. The summed E-state index contributed by atoms with van der Waals surface area (Å²) < 4.78 is 0. The van der Waals surface area contributed by atoms with Crippen LogP contribution >= 0.6 is 0 Å². The Bertz CT molecular complexity index is 206. The maximum absolute atomic E-state index is 3.64. The maximum Gasteiger partial charge on any atom is 0.0222 e. The molecule has 4 fully saturated rings. The van der Waals surface area contributed by atoms with Crippen LogP contribution in [0.1, 0.15) is 25.7 Å². The molecular formula is C11H20N2. The number of nitrogens with one attached hydrogen (secondary N) is 2. The van der Waals surface area contributed by atoms with Gasteiger partial charge < -0.3 is 10.6 Å². The van der Waals surface area contributed by atoms with E-state index < -0.39 is 0 Å². The highest BCUT2D eigenvalue weighted by Crippen LogP contribution is 2.52. The van der Waals surface area contributed by atoms with E-state index in [1.54, 1.807) is 0 Å². The van der Waals surface area contributed by atoms with Crippen LogP contribution in [-0.2, 0) is 0 Å². The Morgan fingerprint density at radius 3 is 2.69 bits per heavy atom. The van der Waals surface area contributed by atoms with E-state index >= 15 is 0 Å². The molecule has 0 aromatic heterocycles. The highest BCUT2D eigenvalue weighted by molar-refractivity contribution is 5.09. The van der Waals surface area contributed by atoms with Crippen LogP contribution in [0, 0.1) is 17.8 Å². The summed E-state index contributed by atoms with van der Waals surface area (Å²) in [5.41, 5.74) is 0.517. The van der Waals surface area contributed by atoms with Crippen molar-refractivity contribution in [2.75, 3.05) is 20.1 Å². The van der Waals surface area contributed by atoms with E-state index in [2.05, 4.69) is 17.7 Å². The molecule has 2 atom stereocenters. The minimum atomic E-state index is 0.517. The largest absolute Gasteiger partial charge is 0.316 e. The Labute approximate surface area is 80.5 Å². The second kappa shape index (κ2) is 2.71. The third-order valence-electron chi connectivity index (χ3n) is 5.00. The Balaban J connectivity index is 1.94. The minimum Gasteiger partial charge on any atom is -0.316 e. The molecule has 1 heterocycles. The number of rotatable bonds is 1. The van der Waals surface area contributed by atoms with Gasteiger partial charge in [0.25, 0.3) is 0 Å². The van der Waals surface area contributed by atoms with Crippen LogP contribution in [0.2, 0.25) is 0 Å². The highest BCUT2D eigenvalue weighted by atomic mass is 15.0. The van der Waals surface area contributed by atoms with E-state index in [1.807, 2.05) is 0 Å². The molecule has 1 saturated heterocycles. The predicted octanol–water partition coefficient (Wildman–Crippen LogP) is 0.984. The lowest BCUT2D eigenvalue weighted by Gasteiger charge is -2.54. The van der Waals surface area contributed by atoms with Gasteiger partial charge in [-0.2, -0.15) is 0 Å². The van der Waals surface area contributed by atoms with Crippen molar-refractivity contribution in [3.8, 4) is 0 Å². The zero-order valence-corrected chi connectivity index (χ0v) is 8.47. The molecule has 2 heteroatoms. The minimum absolute atomic E-state index is 0.517. The maximum atomic E-state index is 3.64. The smallest absolute Gasteiger partial charge is 0.0222 e. The topological polar surface area (TPSA) is 24.1 Å². The molecule has 1 aliphatic heterocycles. The zero-order valence-electron chi connectivity index (χ0n) is 8.47. The molecule has 3 aliphatic carbocycles. The van der Waals surface area contributed by atoms with Crippen molar-refractivity contribution in [1.29, 1.82) is 0 Å². The second-order valence-electron chi connectivity index (χ2n) is 5.17. The van der Waals surface area contributed by atoms with Gasteiger partial charge in [0, 0.05) is 12.1 Å². The van der Waals surface area contributed by atoms with Crippen molar-refractivity contribution in [3.63, 3.8) is 0 Å². The molecule has 4 aliphatic rings. The molecule has 0 radical (unpaired) electrons. The van der Waals surface area contributed by atoms with Gasteiger partial charge in [-0.15, -0.1) is 0 Å². The standard InChI is InChI=1S/C11H20N2/c1-12-11-4-2-8(3-5-11)9-6-13-7-10(9)11/h8-10,12-13H,2-7H2,1H3. The van der Waals surface area contributed by atoms with Crippen LogP contribution in [0.4, 0.5) is 0 Å². The van der Waals surface area contributed by atoms with Gasteiger partial charge in [-0.3, -0.25) is 0 Å². The van der Waals surface area contributed by atoms with Crippen LogP contribution in [0.15, 0.2) is 0 Å². The van der Waals surface area contributed by atoms with Crippen LogP contribution in [0.3, 0.4) is 0 Å². The molecule has 2 bridgehead atoms. The van der Waals surface area contributed by atoms with E-state index in [4.69, 9.17) is 0 Å². The third kappa shape index (κ3) is 0.962. The summed E-state index contributed by atoms with van der Waals surface area (Å²) in [6.07, 6.45) is 5.81. The van der Waals surface area contributed by atoms with E-state index in [9.17, 15) is 0 Å². The van der Waals surface area contributed by atoms with Gasteiger partial charge >= 0.3 is 0 Å². The number of hydrogen-bond donors (Lipinski definition) is 2. The first-order chi connectivity index (χ1) is 6.36. The Morgan fingerprint density at radius 1 is 1.23 bits per heavy atom. The van der Waals surface area contributed by atoms with E-state index in [0.29, 0.717) is 5.54 Å². The SMILES string of the molecule is CNC12CCC(CC1)C1CNCC12. The highest BCUT2D eigenvalue weighted by Gasteiger charge is 2.53. The van der Waals surface area contributed by atoms with Gasteiger partial charge in [0.05, 0.1) is 0 Å². The lowest BCUT2D eigenvalue weighted by atomic mass is 9.55. The molecule has 0 aromatic rings. The Kier molecular flexibility index (Phi) is 1.72. The fourth-order valence-corrected chi connectivity index (χ4v) is 4.19. The molecule has 2 unspecified atom stereocenters. The molecule has 2 nitrogen and oxygen atoms in total. The van der Waals surface area contributed by atoms with Crippen LogP contribution in [0.5, 0.6) is 0 Å². The summed E-state index contributed by atoms with van der Waals surface area (Å²) in [4.78, 5) is 0. The fourth-order valence-electron chi connectivity index (χ4n) is 4.19. The van der Waals surface area contributed by atoms with Crippen molar-refractivity contribution in [1.82, 2.24) is 10.6 Å². The molecular weight excluding hydrogens is 160 g/mol. The Hall–Kier alpha value is -0.0800. The third-order valence-corrected chi connectivity index (χ3v) is 5.00. The van der Waals surface area contributed by atoms with E-state index in [0.717, 1.165) is 17.8 Å². The van der Waals surface area contributed by atoms with Crippen molar-refractivity contribution in [2.24, 2.45) is 17.8 Å². The molecule has 0 amide bonds. The molecule has 0 spiro atoms. The normalized spacial score (nSPS) is 53.8. The van der Waals surface area contributed by atoms with Crippen LogP contribution in [0.25, 0.3) is 0 Å². The lowest BCUT2D eigenvalue weighted by Crippen LogP contribution is -2.59. The van der Waals surface area contributed by atoms with Gasteiger partial charge in [-0.25, -0.2) is 0 Å². The van der Waals surface area contributed by atoms with Crippen molar-refractivity contribution >= 4 is 0 Å². The first kappa shape index (κ1) is 8.25. The first-order valence-corrected chi connectivity index (χ1v) is 5.75. The van der Waals surface area contributed by atoms with Crippen molar-refractivity contribution in [2.45, 2.75) is 31.2 Å². The molecule has 2 N–H and O–H groups in total. The van der Waals surface area contributed by atoms with Crippen molar-refractivity contribution in [3.05, 3.63) is 0 Å². The van der Waals surface area contributed by atoms with E-state index in [1.165, 1.54) is 38.8 Å². The Morgan fingerprint density at radius 2 is 2.00 bits per heavy atom. The average molecular weight is 180 g/mol. The quantitative estimate of drug-likeness (QED) is 0.628. The molecule has 74 valence electrons.